The Morgan fingerprint density at radius 3 is 2.37 bits per heavy atom. The van der Waals surface area contributed by atoms with Crippen molar-refractivity contribution in [1.82, 2.24) is 5.32 Å². The summed E-state index contributed by atoms with van der Waals surface area (Å²) >= 11 is 5.98. The summed E-state index contributed by atoms with van der Waals surface area (Å²) in [5, 5.41) is 4.85. The predicted molar refractivity (Wildman–Crippen MR) is 103 cm³/mol. The van der Waals surface area contributed by atoms with Crippen molar-refractivity contribution in [3.8, 4) is 11.5 Å². The van der Waals surface area contributed by atoms with Gasteiger partial charge in [0.2, 0.25) is 0 Å². The lowest BCUT2D eigenvalue weighted by atomic mass is 10.2. The van der Waals surface area contributed by atoms with Gasteiger partial charge in [0.1, 0.15) is 29.7 Å². The molecule has 0 spiro atoms. The quantitative estimate of drug-likeness (QED) is 0.609. The van der Waals surface area contributed by atoms with E-state index >= 15 is 0 Å². The van der Waals surface area contributed by atoms with Gasteiger partial charge in [0.05, 0.1) is 30.5 Å². The molecular formula is C19H17ClF2N2O6. The Hall–Kier alpha value is -3.40. The van der Waals surface area contributed by atoms with E-state index in [1.807, 2.05) is 0 Å². The highest BCUT2D eigenvalue weighted by molar-refractivity contribution is 6.32. The molecule has 0 radical (unpaired) electrons. The van der Waals surface area contributed by atoms with Crippen LogP contribution < -0.4 is 20.1 Å². The van der Waals surface area contributed by atoms with Gasteiger partial charge in [-0.2, -0.15) is 0 Å². The number of methoxy groups -OCH3 is 2. The number of anilines is 1. The molecule has 0 fully saturated rings. The number of esters is 1. The smallest absolute Gasteiger partial charge is 0.325 e. The molecule has 0 aromatic heterocycles. The molecule has 2 rings (SSSR count). The normalized spacial score (nSPS) is 10.2. The first-order valence-corrected chi connectivity index (χ1v) is 8.73. The summed E-state index contributed by atoms with van der Waals surface area (Å²) in [7, 11) is 2.77. The van der Waals surface area contributed by atoms with Crippen LogP contribution in [0.5, 0.6) is 11.5 Å². The van der Waals surface area contributed by atoms with Crippen LogP contribution >= 0.6 is 11.6 Å². The molecule has 11 heteroatoms. The highest BCUT2D eigenvalue weighted by Gasteiger charge is 2.16. The van der Waals surface area contributed by atoms with Crippen molar-refractivity contribution in [2.75, 3.05) is 32.7 Å². The fraction of sp³-hybridized carbons (Fsp3) is 0.211. The molecule has 8 nitrogen and oxygen atoms in total. The zero-order chi connectivity index (χ0) is 22.3. The molecule has 0 aliphatic heterocycles. The average molecular weight is 443 g/mol. The molecule has 160 valence electrons. The lowest BCUT2D eigenvalue weighted by molar-refractivity contribution is -0.146. The second-order valence-electron chi connectivity index (χ2n) is 5.70. The Bertz CT molecular complexity index is 970. The number of amides is 2. The van der Waals surface area contributed by atoms with Gasteiger partial charge in [0, 0.05) is 18.2 Å². The summed E-state index contributed by atoms with van der Waals surface area (Å²) in [6.07, 6.45) is 0. The van der Waals surface area contributed by atoms with Crippen molar-refractivity contribution in [2.45, 2.75) is 0 Å². The molecule has 0 unspecified atom stereocenters. The Morgan fingerprint density at radius 2 is 1.73 bits per heavy atom. The van der Waals surface area contributed by atoms with Crippen molar-refractivity contribution in [3.63, 3.8) is 0 Å². The van der Waals surface area contributed by atoms with Gasteiger partial charge in [-0.15, -0.1) is 0 Å². The van der Waals surface area contributed by atoms with Gasteiger partial charge in [-0.05, 0) is 12.1 Å². The third-order valence-corrected chi connectivity index (χ3v) is 3.98. The molecule has 0 saturated heterocycles. The number of ether oxygens (including phenoxy) is 3. The summed E-state index contributed by atoms with van der Waals surface area (Å²) in [6, 6.07) is 5.25. The van der Waals surface area contributed by atoms with Gasteiger partial charge >= 0.3 is 5.97 Å². The van der Waals surface area contributed by atoms with E-state index in [2.05, 4.69) is 10.6 Å². The maximum atomic E-state index is 13.5. The van der Waals surface area contributed by atoms with E-state index in [1.165, 1.54) is 26.4 Å². The van der Waals surface area contributed by atoms with E-state index in [1.54, 1.807) is 0 Å². The monoisotopic (exact) mass is 442 g/mol. The standard InChI is InChI=1S/C19H17ClF2N2O6/c1-28-15-7-14(16(29-2)6-12(15)20)24-17(25)9-30-18(26)8-23-19(27)11-4-3-10(21)5-13(11)22/h3-7H,8-9H2,1-2H3,(H,23,27)(H,24,25). The van der Waals surface area contributed by atoms with Gasteiger partial charge in [0.15, 0.2) is 6.61 Å². The van der Waals surface area contributed by atoms with E-state index in [0.29, 0.717) is 11.8 Å². The third kappa shape index (κ3) is 6.05. The molecule has 2 N–H and O–H groups in total. The largest absolute Gasteiger partial charge is 0.495 e. The van der Waals surface area contributed by atoms with Crippen molar-refractivity contribution in [3.05, 3.63) is 52.6 Å². The van der Waals surface area contributed by atoms with Crippen LogP contribution in [-0.4, -0.2) is 45.2 Å². The van der Waals surface area contributed by atoms with E-state index in [0.717, 1.165) is 12.1 Å². The Balaban J connectivity index is 1.86. The first kappa shape index (κ1) is 22.9. The van der Waals surface area contributed by atoms with Crippen LogP contribution in [0.25, 0.3) is 0 Å². The lowest BCUT2D eigenvalue weighted by Crippen LogP contribution is -2.32. The Labute approximate surface area is 175 Å². The first-order valence-electron chi connectivity index (χ1n) is 8.35. The summed E-state index contributed by atoms with van der Waals surface area (Å²) in [6.45, 7) is -1.28. The number of carbonyl (C=O) groups excluding carboxylic acids is 3. The highest BCUT2D eigenvalue weighted by atomic mass is 35.5. The number of hydrogen-bond acceptors (Lipinski definition) is 6. The van der Waals surface area contributed by atoms with Crippen molar-refractivity contribution in [1.29, 1.82) is 0 Å². The average Bonchev–Trinajstić information content (AvgIpc) is 2.71. The predicted octanol–water partition coefficient (Wildman–Crippen LogP) is 2.55. The SMILES string of the molecule is COc1cc(NC(=O)COC(=O)CNC(=O)c2ccc(F)cc2F)c(OC)cc1Cl. The second-order valence-corrected chi connectivity index (χ2v) is 6.11. The molecule has 0 saturated carbocycles. The van der Waals surface area contributed by atoms with E-state index in [-0.39, 0.29) is 16.5 Å². The van der Waals surface area contributed by atoms with Gasteiger partial charge < -0.3 is 24.8 Å². The van der Waals surface area contributed by atoms with Crippen LogP contribution in [0, 0.1) is 11.6 Å². The molecule has 2 aromatic carbocycles. The topological polar surface area (TPSA) is 103 Å². The zero-order valence-corrected chi connectivity index (χ0v) is 16.6. The van der Waals surface area contributed by atoms with E-state index in [4.69, 9.17) is 25.8 Å². The third-order valence-electron chi connectivity index (χ3n) is 3.68. The van der Waals surface area contributed by atoms with Crippen molar-refractivity contribution in [2.24, 2.45) is 0 Å². The Morgan fingerprint density at radius 1 is 1.03 bits per heavy atom. The van der Waals surface area contributed by atoms with Crippen molar-refractivity contribution < 1.29 is 37.4 Å². The minimum atomic E-state index is -1.08. The second kappa shape index (κ2) is 10.4. The number of halogens is 3. The fourth-order valence-electron chi connectivity index (χ4n) is 2.26. The molecule has 0 aliphatic rings. The maximum absolute atomic E-state index is 13.5. The first-order chi connectivity index (χ1) is 14.2. The molecular weight excluding hydrogens is 426 g/mol. The number of nitrogens with one attached hydrogen (secondary N) is 2. The number of carbonyl (C=O) groups is 3. The molecule has 0 aliphatic carbocycles. The minimum Gasteiger partial charge on any atom is -0.495 e. The summed E-state index contributed by atoms with van der Waals surface area (Å²) in [5.74, 6) is -3.94. The van der Waals surface area contributed by atoms with E-state index in [9.17, 15) is 23.2 Å². The van der Waals surface area contributed by atoms with Crippen LogP contribution in [0.1, 0.15) is 10.4 Å². The minimum absolute atomic E-state index is 0.236. The zero-order valence-electron chi connectivity index (χ0n) is 15.9. The fourth-order valence-corrected chi connectivity index (χ4v) is 2.49. The van der Waals surface area contributed by atoms with E-state index < -0.39 is 48.1 Å². The van der Waals surface area contributed by atoms with Crippen LogP contribution in [0.3, 0.4) is 0 Å². The van der Waals surface area contributed by atoms with Crippen LogP contribution in [0.4, 0.5) is 14.5 Å². The highest BCUT2D eigenvalue weighted by Crippen LogP contribution is 2.35. The molecule has 2 amide bonds. The molecule has 0 heterocycles. The lowest BCUT2D eigenvalue weighted by Gasteiger charge is -2.13. The van der Waals surface area contributed by atoms with Crippen LogP contribution in [-0.2, 0) is 14.3 Å². The summed E-state index contributed by atoms with van der Waals surface area (Å²) in [4.78, 5) is 35.5. The van der Waals surface area contributed by atoms with Crippen LogP contribution in [0.15, 0.2) is 30.3 Å². The summed E-state index contributed by atoms with van der Waals surface area (Å²) < 4.78 is 41.3. The number of hydrogen-bond donors (Lipinski definition) is 2. The molecule has 0 atom stereocenters. The number of benzene rings is 2. The summed E-state index contributed by atoms with van der Waals surface area (Å²) in [5.41, 5.74) is -0.203. The van der Waals surface area contributed by atoms with Gasteiger partial charge in [-0.1, -0.05) is 11.6 Å². The van der Waals surface area contributed by atoms with Crippen LogP contribution in [0.2, 0.25) is 5.02 Å². The maximum Gasteiger partial charge on any atom is 0.325 e. The van der Waals surface area contributed by atoms with Crippen molar-refractivity contribution >= 4 is 35.1 Å². The van der Waals surface area contributed by atoms with Gasteiger partial charge in [-0.3, -0.25) is 14.4 Å². The Kier molecular flexibility index (Phi) is 7.93. The molecule has 0 bridgehead atoms. The van der Waals surface area contributed by atoms with Gasteiger partial charge in [-0.25, -0.2) is 8.78 Å². The molecule has 2 aromatic rings. The molecule has 30 heavy (non-hydrogen) atoms. The van der Waals surface area contributed by atoms with Gasteiger partial charge in [0.25, 0.3) is 11.8 Å². The number of rotatable bonds is 8.